The first-order valence-electron chi connectivity index (χ1n) is 5.48. The zero-order chi connectivity index (χ0) is 11.1. The van der Waals surface area contributed by atoms with Gasteiger partial charge in [0.15, 0.2) is 0 Å². The summed E-state index contributed by atoms with van der Waals surface area (Å²) in [5.41, 5.74) is 0.629. The first-order valence-corrected chi connectivity index (χ1v) is 5.48. The van der Waals surface area contributed by atoms with Gasteiger partial charge < -0.3 is 24.0 Å². The fourth-order valence-electron chi connectivity index (χ4n) is 1.98. The number of tetrazole rings is 1. The Balaban J connectivity index is 0.000000810. The van der Waals surface area contributed by atoms with Crippen LogP contribution in [0.3, 0.4) is 0 Å². The van der Waals surface area contributed by atoms with Crippen molar-refractivity contribution in [3.63, 3.8) is 0 Å². The topological polar surface area (TPSA) is 52.7 Å². The molecule has 3 rings (SSSR count). The van der Waals surface area contributed by atoms with E-state index in [-0.39, 0.29) is 52.7 Å². The van der Waals surface area contributed by atoms with E-state index in [9.17, 15) is 4.79 Å². The molecule has 1 fully saturated rings. The third-order valence-electron chi connectivity index (χ3n) is 3.10. The maximum atomic E-state index is 11.7. The molecule has 0 aliphatic heterocycles. The Hall–Kier alpha value is -0.284. The largest absolute Gasteiger partial charge is 2.00 e. The van der Waals surface area contributed by atoms with Crippen LogP contribution in [-0.2, 0) is 7.05 Å². The zero-order valence-electron chi connectivity index (χ0n) is 10.2. The van der Waals surface area contributed by atoms with E-state index in [4.69, 9.17) is 0 Å². The molecule has 7 heteroatoms. The Morgan fingerprint density at radius 3 is 2.67 bits per heavy atom. The third-order valence-corrected chi connectivity index (χ3v) is 3.10. The normalized spacial score (nSPS) is 21.4. The smallest absolute Gasteiger partial charge is 1.00 e. The Morgan fingerprint density at radius 1 is 1.39 bits per heavy atom. The van der Waals surface area contributed by atoms with Crippen molar-refractivity contribution in [2.24, 2.45) is 18.9 Å². The molecule has 1 aromatic heterocycles. The number of nitrogens with zero attached hydrogens (tertiary/aromatic N) is 4. The zero-order valence-corrected chi connectivity index (χ0v) is 13.7. The Kier molecular flexibility index (Phi) is 5.47. The van der Waals surface area contributed by atoms with Crippen LogP contribution in [0.5, 0.6) is 0 Å². The van der Waals surface area contributed by atoms with Gasteiger partial charge in [-0.1, -0.05) is 24.5 Å². The molecule has 5 nitrogen and oxygen atoms in total. The first kappa shape index (κ1) is 15.8. The molecule has 2 aliphatic carbocycles. The molecule has 1 heterocycles. The minimum atomic E-state index is -0.202. The van der Waals surface area contributed by atoms with E-state index in [0.717, 1.165) is 11.6 Å². The van der Waals surface area contributed by atoms with Crippen LogP contribution in [0.1, 0.15) is 12.8 Å². The van der Waals surface area contributed by atoms with Gasteiger partial charge in [-0.2, -0.15) is 21.9 Å². The Labute approximate surface area is 138 Å². The van der Waals surface area contributed by atoms with E-state index >= 15 is 0 Å². The molecular weight excluding hydrogens is 355 g/mol. The van der Waals surface area contributed by atoms with E-state index < -0.39 is 0 Å². The predicted molar refractivity (Wildman–Crippen MR) is 64.9 cm³/mol. The van der Waals surface area contributed by atoms with E-state index in [1.165, 1.54) is 22.2 Å². The number of halogens is 1. The summed E-state index contributed by atoms with van der Waals surface area (Å²) in [7, 11) is 1.60. The molecular formula is C11H13IMgN4O. The summed E-state index contributed by atoms with van der Waals surface area (Å²) in [6.07, 6.45) is 10.8. The summed E-state index contributed by atoms with van der Waals surface area (Å²) in [5.74, 6) is 1.21. The van der Waals surface area contributed by atoms with Crippen molar-refractivity contribution in [3.05, 3.63) is 35.1 Å². The second-order valence-corrected chi connectivity index (χ2v) is 4.35. The average molecular weight is 368 g/mol. The van der Waals surface area contributed by atoms with Crippen LogP contribution in [0.25, 0.3) is 5.70 Å². The van der Waals surface area contributed by atoms with E-state index in [1.54, 1.807) is 7.05 Å². The molecule has 0 radical (unpaired) electrons. The fourth-order valence-corrected chi connectivity index (χ4v) is 1.98. The van der Waals surface area contributed by atoms with Gasteiger partial charge in [0.2, 0.25) is 0 Å². The van der Waals surface area contributed by atoms with Crippen LogP contribution in [0.2, 0.25) is 0 Å². The molecule has 0 N–H and O–H groups in total. The third kappa shape index (κ3) is 2.99. The van der Waals surface area contributed by atoms with Crippen molar-refractivity contribution in [2.45, 2.75) is 12.8 Å². The van der Waals surface area contributed by atoms with Crippen molar-refractivity contribution in [1.82, 2.24) is 19.8 Å². The van der Waals surface area contributed by atoms with Gasteiger partial charge in [-0.05, 0) is 16.3 Å². The van der Waals surface area contributed by atoms with Crippen LogP contribution in [-0.4, -0.2) is 42.8 Å². The van der Waals surface area contributed by atoms with Gasteiger partial charge in [-0.3, -0.25) is 0 Å². The van der Waals surface area contributed by atoms with Crippen molar-refractivity contribution in [2.75, 3.05) is 0 Å². The maximum absolute atomic E-state index is 11.7. The number of aryl methyl sites for hydroxylation is 1. The molecule has 0 spiro atoms. The summed E-state index contributed by atoms with van der Waals surface area (Å²) in [4.78, 5) is 11.7. The molecule has 0 saturated heterocycles. The summed E-state index contributed by atoms with van der Waals surface area (Å²) in [6, 6.07) is 0. The van der Waals surface area contributed by atoms with Crippen LogP contribution >= 0.6 is 0 Å². The summed E-state index contributed by atoms with van der Waals surface area (Å²) in [5, 5.41) is 7.55. The number of allylic oxidation sites excluding steroid dienone is 4. The molecule has 1 saturated carbocycles. The van der Waals surface area contributed by atoms with Gasteiger partial charge >= 0.3 is 28.7 Å². The minimum absolute atomic E-state index is 0. The van der Waals surface area contributed by atoms with Crippen LogP contribution in [0.15, 0.2) is 23.0 Å². The molecule has 0 bridgehead atoms. The van der Waals surface area contributed by atoms with E-state index in [2.05, 4.69) is 22.9 Å². The fraction of sp³-hybridized carbons (Fsp3) is 0.455. The number of hydrogen-bond donors (Lipinski definition) is 0. The molecule has 1 aromatic rings. The van der Waals surface area contributed by atoms with Crippen LogP contribution in [0, 0.1) is 18.3 Å². The summed E-state index contributed by atoms with van der Waals surface area (Å²) in [6.45, 7) is 0. The van der Waals surface area contributed by atoms with Crippen molar-refractivity contribution in [1.29, 1.82) is 0 Å². The van der Waals surface area contributed by atoms with Gasteiger partial charge in [0, 0.05) is 7.05 Å². The quantitative estimate of drug-likeness (QED) is 0.323. The summed E-state index contributed by atoms with van der Waals surface area (Å²) >= 11 is 0. The maximum Gasteiger partial charge on any atom is 2.00 e. The molecule has 92 valence electrons. The van der Waals surface area contributed by atoms with Gasteiger partial charge in [0.05, 0.1) is 0 Å². The molecule has 1 atom stereocenters. The summed E-state index contributed by atoms with van der Waals surface area (Å²) < 4.78 is 2.58. The molecule has 18 heavy (non-hydrogen) atoms. The SMILES string of the molecule is Cn1nnn(C2=CC=CC(C3CC3)[CH-]2)c1=O.[I-].[Mg+2]. The monoisotopic (exact) mass is 368 g/mol. The van der Waals surface area contributed by atoms with Crippen LogP contribution in [0.4, 0.5) is 0 Å². The van der Waals surface area contributed by atoms with Gasteiger partial charge in [0.25, 0.3) is 0 Å². The molecule has 2 aliphatic rings. The molecule has 1 unspecified atom stereocenters. The standard InChI is InChI=1S/C11H13N4O.HI.Mg/c1-14-11(16)15(13-12-14)10-4-2-3-9(7-10)8-5-6-8;;/h2-4,7-9H,5-6H2,1H3;1H;/q-1;;+2/p-1. The number of aromatic nitrogens is 4. The van der Waals surface area contributed by atoms with E-state index in [0.29, 0.717) is 5.92 Å². The van der Waals surface area contributed by atoms with Crippen molar-refractivity contribution < 1.29 is 24.0 Å². The first-order chi connectivity index (χ1) is 7.75. The number of hydrogen-bond acceptors (Lipinski definition) is 3. The second kappa shape index (κ2) is 6.24. The minimum Gasteiger partial charge on any atom is -1.00 e. The average Bonchev–Trinajstić information content (AvgIpc) is 3.08. The predicted octanol–water partition coefficient (Wildman–Crippen LogP) is -2.76. The Bertz CT molecular complexity index is 529. The molecule has 0 amide bonds. The van der Waals surface area contributed by atoms with Gasteiger partial charge in [-0.15, -0.1) is 12.2 Å². The Morgan fingerprint density at radius 2 is 2.11 bits per heavy atom. The number of rotatable bonds is 2. The van der Waals surface area contributed by atoms with Gasteiger partial charge in [0.1, 0.15) is 0 Å². The second-order valence-electron chi connectivity index (χ2n) is 4.35. The molecule has 0 aromatic carbocycles. The van der Waals surface area contributed by atoms with E-state index in [1.807, 2.05) is 12.2 Å². The van der Waals surface area contributed by atoms with Crippen molar-refractivity contribution in [3.8, 4) is 0 Å². The van der Waals surface area contributed by atoms with Crippen molar-refractivity contribution >= 4 is 28.7 Å². The van der Waals surface area contributed by atoms with Crippen LogP contribution < -0.4 is 29.7 Å². The van der Waals surface area contributed by atoms with Gasteiger partial charge in [-0.25, -0.2) is 4.79 Å².